The van der Waals surface area contributed by atoms with Crippen molar-refractivity contribution in [1.29, 1.82) is 0 Å². The lowest BCUT2D eigenvalue weighted by molar-refractivity contribution is 0.602. The van der Waals surface area contributed by atoms with Gasteiger partial charge < -0.3 is 9.73 Å². The summed E-state index contributed by atoms with van der Waals surface area (Å²) in [4.78, 5) is 20.1. The Morgan fingerprint density at radius 2 is 1.82 bits per heavy atom. The lowest BCUT2D eigenvalue weighted by Gasteiger charge is -2.14. The molecule has 3 aromatic carbocycles. The highest BCUT2D eigenvalue weighted by Gasteiger charge is 2.16. The molecule has 0 unspecified atom stereocenters. The summed E-state index contributed by atoms with van der Waals surface area (Å²) in [6.07, 6.45) is 6.05. The van der Waals surface area contributed by atoms with Crippen molar-refractivity contribution in [3.63, 3.8) is 0 Å². The van der Waals surface area contributed by atoms with Gasteiger partial charge in [-0.05, 0) is 65.7 Å². The monoisotopic (exact) mass is 458 g/mol. The van der Waals surface area contributed by atoms with Crippen LogP contribution in [0.3, 0.4) is 0 Å². The molecule has 0 radical (unpaired) electrons. The number of aryl methyl sites for hydroxylation is 1. The summed E-state index contributed by atoms with van der Waals surface area (Å²) in [6, 6.07) is 13.7. The van der Waals surface area contributed by atoms with Crippen LogP contribution in [0, 0.1) is 11.8 Å². The molecule has 8 nitrogen and oxygen atoms in total. The average Bonchev–Trinajstić information content (AvgIpc) is 3.17. The van der Waals surface area contributed by atoms with Crippen molar-refractivity contribution in [2.24, 2.45) is 5.18 Å². The summed E-state index contributed by atoms with van der Waals surface area (Å²) in [5.41, 5.74) is 5.84. The van der Waals surface area contributed by atoms with Crippen LogP contribution in [0.25, 0.3) is 33.1 Å². The molecule has 0 spiro atoms. The molecular weight excluding hydrogens is 440 g/mol. The first kappa shape index (κ1) is 20.8. The summed E-state index contributed by atoms with van der Waals surface area (Å²) >= 11 is 0. The van der Waals surface area contributed by atoms with Crippen LogP contribution in [0.4, 0.5) is 17.1 Å². The number of hydrogen-bond acceptors (Lipinski definition) is 8. The maximum atomic E-state index is 12.3. The number of rotatable bonds is 5. The van der Waals surface area contributed by atoms with Crippen LogP contribution in [0.1, 0.15) is 5.56 Å². The van der Waals surface area contributed by atoms with E-state index in [2.05, 4.69) is 20.5 Å². The largest absolute Gasteiger partial charge is 0.464 e. The van der Waals surface area contributed by atoms with Gasteiger partial charge in [0.15, 0.2) is 9.84 Å². The molecule has 5 aromatic rings. The van der Waals surface area contributed by atoms with E-state index >= 15 is 0 Å². The highest BCUT2D eigenvalue weighted by Crippen LogP contribution is 2.35. The highest BCUT2D eigenvalue weighted by atomic mass is 32.2. The van der Waals surface area contributed by atoms with Gasteiger partial charge in [-0.3, -0.25) is 9.97 Å². The number of nitrogens with one attached hydrogen (secondary N) is 1. The van der Waals surface area contributed by atoms with Crippen molar-refractivity contribution >= 4 is 48.9 Å². The van der Waals surface area contributed by atoms with Crippen LogP contribution in [0.15, 0.2) is 81.7 Å². The smallest absolute Gasteiger partial charge is 0.177 e. The van der Waals surface area contributed by atoms with Crippen molar-refractivity contribution in [3.05, 3.63) is 77.7 Å². The number of nitrogens with zero attached hydrogens (tertiary/aromatic N) is 3. The molecule has 2 aromatic heterocycles. The Hall–Kier alpha value is -4.11. The van der Waals surface area contributed by atoms with Gasteiger partial charge in [0.25, 0.3) is 0 Å². The first-order valence-corrected chi connectivity index (χ1v) is 11.9. The zero-order chi connectivity index (χ0) is 23.2. The Morgan fingerprint density at radius 1 is 1.00 bits per heavy atom. The lowest BCUT2D eigenvalue weighted by atomic mass is 10.0. The molecule has 0 aliphatic carbocycles. The van der Waals surface area contributed by atoms with Gasteiger partial charge in [-0.15, -0.1) is 4.91 Å². The fraction of sp³-hybridized carbons (Fsp3) is 0.0833. The Kier molecular flexibility index (Phi) is 4.90. The first-order valence-electron chi connectivity index (χ1n) is 10.0. The van der Waals surface area contributed by atoms with Crippen LogP contribution < -0.4 is 5.32 Å². The number of nitroso groups, excluding NO2 is 1. The molecule has 5 rings (SSSR count). The molecule has 1 N–H and O–H groups in total. The fourth-order valence-electron chi connectivity index (χ4n) is 3.84. The molecule has 33 heavy (non-hydrogen) atoms. The van der Waals surface area contributed by atoms with Gasteiger partial charge in [-0.2, -0.15) is 0 Å². The van der Waals surface area contributed by atoms with E-state index in [0.717, 1.165) is 33.9 Å². The minimum absolute atomic E-state index is 0.0612. The van der Waals surface area contributed by atoms with Crippen LogP contribution in [-0.4, -0.2) is 24.6 Å². The topological polar surface area (TPSA) is 115 Å². The molecule has 0 bridgehead atoms. The first-order chi connectivity index (χ1) is 15.8. The number of aromatic nitrogens is 2. The number of benzene rings is 3. The lowest BCUT2D eigenvalue weighted by Crippen LogP contribution is -2.03. The van der Waals surface area contributed by atoms with Crippen molar-refractivity contribution in [2.45, 2.75) is 11.8 Å². The molecule has 0 aliphatic heterocycles. The summed E-state index contributed by atoms with van der Waals surface area (Å²) in [5.74, 6) is 0. The van der Waals surface area contributed by atoms with E-state index < -0.39 is 9.84 Å². The number of fused-ring (bicyclic) bond motifs is 2. The number of anilines is 2. The molecule has 164 valence electrons. The third-order valence-corrected chi connectivity index (χ3v) is 6.55. The normalized spacial score (nSPS) is 11.7. The van der Waals surface area contributed by atoms with E-state index in [4.69, 9.17) is 4.42 Å². The minimum Gasteiger partial charge on any atom is -0.464 e. The van der Waals surface area contributed by atoms with Crippen LogP contribution >= 0.6 is 0 Å². The van der Waals surface area contributed by atoms with Gasteiger partial charge in [0.2, 0.25) is 0 Å². The Balaban J connectivity index is 1.70. The van der Waals surface area contributed by atoms with Crippen LogP contribution in [0.5, 0.6) is 0 Å². The predicted octanol–water partition coefficient (Wildman–Crippen LogP) is 5.90. The number of hydrogen-bond donors (Lipinski definition) is 1. The third-order valence-electron chi connectivity index (χ3n) is 5.40. The van der Waals surface area contributed by atoms with Crippen molar-refractivity contribution < 1.29 is 12.8 Å². The Bertz CT molecular complexity index is 1660. The Labute approximate surface area is 189 Å². The van der Waals surface area contributed by atoms with E-state index in [1.807, 2.05) is 31.2 Å². The van der Waals surface area contributed by atoms with Gasteiger partial charge in [0.1, 0.15) is 11.3 Å². The fourth-order valence-corrected chi connectivity index (χ4v) is 4.67. The third kappa shape index (κ3) is 3.83. The van der Waals surface area contributed by atoms with Crippen LogP contribution in [-0.2, 0) is 9.84 Å². The zero-order valence-electron chi connectivity index (χ0n) is 17.7. The molecule has 0 saturated heterocycles. The predicted molar refractivity (Wildman–Crippen MR) is 128 cm³/mol. The Morgan fingerprint density at radius 3 is 2.61 bits per heavy atom. The van der Waals surface area contributed by atoms with Crippen molar-refractivity contribution in [1.82, 2.24) is 9.97 Å². The molecule has 0 amide bonds. The SMILES string of the molecule is Cc1coc2ccc(-c3cc(Nc4cc(N=O)ccc4S(C)(=O)=O)cc4nccnc34)cc12. The maximum absolute atomic E-state index is 12.3. The summed E-state index contributed by atoms with van der Waals surface area (Å²) in [7, 11) is -3.55. The zero-order valence-corrected chi connectivity index (χ0v) is 18.6. The van der Waals surface area contributed by atoms with E-state index in [-0.39, 0.29) is 16.3 Å². The molecule has 2 heterocycles. The van der Waals surface area contributed by atoms with E-state index in [1.54, 1.807) is 24.7 Å². The second-order valence-electron chi connectivity index (χ2n) is 7.75. The highest BCUT2D eigenvalue weighted by molar-refractivity contribution is 7.90. The van der Waals surface area contributed by atoms with Gasteiger partial charge in [0.05, 0.1) is 27.9 Å². The molecular formula is C24H18N4O4S. The summed E-state index contributed by atoms with van der Waals surface area (Å²) in [6.45, 7) is 1.98. The molecule has 0 saturated carbocycles. The minimum atomic E-state index is -3.55. The summed E-state index contributed by atoms with van der Waals surface area (Å²) in [5, 5.41) is 7.06. The van der Waals surface area contributed by atoms with Gasteiger partial charge in [0, 0.05) is 35.3 Å². The van der Waals surface area contributed by atoms with Gasteiger partial charge in [-0.1, -0.05) is 6.07 Å². The number of sulfone groups is 1. The quantitative estimate of drug-likeness (QED) is 0.326. The van der Waals surface area contributed by atoms with Crippen molar-refractivity contribution in [2.75, 3.05) is 11.6 Å². The number of furan rings is 1. The summed E-state index contributed by atoms with van der Waals surface area (Å²) < 4.78 is 30.2. The molecule has 0 aliphatic rings. The van der Waals surface area contributed by atoms with E-state index in [0.29, 0.717) is 16.7 Å². The molecule has 0 fully saturated rings. The molecule has 9 heteroatoms. The van der Waals surface area contributed by atoms with Gasteiger partial charge >= 0.3 is 0 Å². The van der Waals surface area contributed by atoms with Gasteiger partial charge in [-0.25, -0.2) is 8.42 Å². The standard InChI is InChI=1S/C24H18N4O4S/c1-14-13-32-22-5-3-15(9-18(14)22)19-10-17(12-21-24(19)26-8-7-25-21)27-20-11-16(28-29)4-6-23(20)33(2,30)31/h3-13,27H,1-2H3. The second kappa shape index (κ2) is 7.79. The van der Waals surface area contributed by atoms with E-state index in [1.165, 1.54) is 18.2 Å². The average molecular weight is 458 g/mol. The maximum Gasteiger partial charge on any atom is 0.177 e. The van der Waals surface area contributed by atoms with E-state index in [9.17, 15) is 13.3 Å². The molecule has 0 atom stereocenters. The second-order valence-corrected chi connectivity index (χ2v) is 9.73. The van der Waals surface area contributed by atoms with Crippen molar-refractivity contribution in [3.8, 4) is 11.1 Å². The van der Waals surface area contributed by atoms with Crippen LogP contribution in [0.2, 0.25) is 0 Å².